The van der Waals surface area contributed by atoms with Gasteiger partial charge in [0.1, 0.15) is 16.9 Å². The summed E-state index contributed by atoms with van der Waals surface area (Å²) in [6.07, 6.45) is 0. The van der Waals surface area contributed by atoms with Gasteiger partial charge in [-0.15, -0.1) is 11.3 Å². The maximum absolute atomic E-state index is 8.75. The number of pyridine rings is 1. The van der Waals surface area contributed by atoms with Gasteiger partial charge in [0.15, 0.2) is 0 Å². The Morgan fingerprint density at radius 3 is 2.56 bits per heavy atom. The van der Waals surface area contributed by atoms with Crippen molar-refractivity contribution >= 4 is 22.9 Å². The van der Waals surface area contributed by atoms with Crippen LogP contribution in [0.25, 0.3) is 11.4 Å². The normalized spacial score (nSPS) is 10.1. The van der Waals surface area contributed by atoms with Crippen LogP contribution in [0.3, 0.4) is 0 Å². The van der Waals surface area contributed by atoms with Crippen molar-refractivity contribution in [1.82, 2.24) is 9.97 Å². The quantitative estimate of drug-likeness (QED) is 0.729. The van der Waals surface area contributed by atoms with Gasteiger partial charge in [-0.3, -0.25) is 0 Å². The maximum atomic E-state index is 8.75. The van der Waals surface area contributed by atoms with E-state index in [1.807, 2.05) is 19.9 Å². The van der Waals surface area contributed by atoms with Gasteiger partial charge in [-0.2, -0.15) is 5.26 Å². The Morgan fingerprint density at radius 2 is 2.06 bits per heavy atom. The van der Waals surface area contributed by atoms with Crippen LogP contribution in [-0.4, -0.2) is 9.97 Å². The molecule has 2 aromatic heterocycles. The van der Waals surface area contributed by atoms with Crippen molar-refractivity contribution in [2.24, 2.45) is 0 Å². The molecule has 0 saturated carbocycles. The van der Waals surface area contributed by atoms with E-state index >= 15 is 0 Å². The second-order valence-electron chi connectivity index (χ2n) is 3.28. The van der Waals surface area contributed by atoms with Gasteiger partial charge in [0, 0.05) is 4.88 Å². The molecule has 0 spiro atoms. The Labute approximate surface area is 102 Å². The number of nitriles is 1. The Kier molecular flexibility index (Phi) is 2.90. The summed E-state index contributed by atoms with van der Waals surface area (Å²) in [6, 6.07) is 5.42. The van der Waals surface area contributed by atoms with Gasteiger partial charge in [-0.1, -0.05) is 11.6 Å². The largest absolute Gasteiger partial charge is 0.240 e. The van der Waals surface area contributed by atoms with Crippen molar-refractivity contribution < 1.29 is 0 Å². The van der Waals surface area contributed by atoms with Gasteiger partial charge in [-0.05, 0) is 26.0 Å². The first-order chi connectivity index (χ1) is 7.61. The summed E-state index contributed by atoms with van der Waals surface area (Å²) in [5.74, 6) is 0. The van der Waals surface area contributed by atoms with Crippen molar-refractivity contribution in [2.75, 3.05) is 0 Å². The molecule has 0 amide bonds. The molecule has 80 valence electrons. The molecule has 3 nitrogen and oxygen atoms in total. The van der Waals surface area contributed by atoms with E-state index in [9.17, 15) is 0 Å². The van der Waals surface area contributed by atoms with E-state index < -0.39 is 0 Å². The first-order valence-electron chi connectivity index (χ1n) is 4.63. The Balaban J connectivity index is 2.54. The van der Waals surface area contributed by atoms with Gasteiger partial charge in [-0.25, -0.2) is 9.97 Å². The lowest BCUT2D eigenvalue weighted by molar-refractivity contribution is 1.22. The van der Waals surface area contributed by atoms with Crippen molar-refractivity contribution in [2.45, 2.75) is 13.8 Å². The fourth-order valence-corrected chi connectivity index (χ4v) is 2.44. The summed E-state index contributed by atoms with van der Waals surface area (Å²) in [6.45, 7) is 3.94. The van der Waals surface area contributed by atoms with Crippen LogP contribution in [0.2, 0.25) is 5.15 Å². The SMILES string of the molecule is Cc1nc(-c2ccc(C#N)c(Cl)n2)c(C)s1. The van der Waals surface area contributed by atoms with E-state index in [0.29, 0.717) is 11.3 Å². The van der Waals surface area contributed by atoms with Gasteiger partial charge in [0.25, 0.3) is 0 Å². The number of nitrogens with zero attached hydrogens (tertiary/aromatic N) is 3. The summed E-state index contributed by atoms with van der Waals surface area (Å²) < 4.78 is 0. The number of rotatable bonds is 1. The average Bonchev–Trinajstić information content (AvgIpc) is 2.58. The van der Waals surface area contributed by atoms with Gasteiger partial charge in [0.05, 0.1) is 16.3 Å². The molecule has 0 bridgehead atoms. The molecule has 0 atom stereocenters. The molecular weight excluding hydrogens is 242 g/mol. The maximum Gasteiger partial charge on any atom is 0.147 e. The highest BCUT2D eigenvalue weighted by Gasteiger charge is 2.10. The third-order valence-electron chi connectivity index (χ3n) is 2.12. The molecule has 16 heavy (non-hydrogen) atoms. The predicted octanol–water partition coefficient (Wildman–Crippen LogP) is 3.35. The van der Waals surface area contributed by atoms with Crippen molar-refractivity contribution in [1.29, 1.82) is 5.26 Å². The predicted molar refractivity (Wildman–Crippen MR) is 64.5 cm³/mol. The van der Waals surface area contributed by atoms with E-state index in [4.69, 9.17) is 16.9 Å². The zero-order chi connectivity index (χ0) is 11.7. The fourth-order valence-electron chi connectivity index (χ4n) is 1.42. The summed E-state index contributed by atoms with van der Waals surface area (Å²) in [7, 11) is 0. The highest BCUT2D eigenvalue weighted by Crippen LogP contribution is 2.27. The second kappa shape index (κ2) is 4.20. The van der Waals surface area contributed by atoms with E-state index in [2.05, 4.69) is 9.97 Å². The monoisotopic (exact) mass is 249 g/mol. The standard InChI is InChI=1S/C11H8ClN3S/c1-6-10(14-7(2)16-6)9-4-3-8(5-13)11(12)15-9/h3-4H,1-2H3. The number of aromatic nitrogens is 2. The lowest BCUT2D eigenvalue weighted by atomic mass is 10.2. The van der Waals surface area contributed by atoms with Gasteiger partial charge >= 0.3 is 0 Å². The van der Waals surface area contributed by atoms with Crippen LogP contribution < -0.4 is 0 Å². The Bertz CT molecular complexity index is 583. The molecule has 0 aliphatic heterocycles. The van der Waals surface area contributed by atoms with Crippen LogP contribution in [0, 0.1) is 25.2 Å². The van der Waals surface area contributed by atoms with Crippen LogP contribution in [0.15, 0.2) is 12.1 Å². The molecule has 0 aromatic carbocycles. The number of thiazole rings is 1. The molecule has 0 radical (unpaired) electrons. The summed E-state index contributed by atoms with van der Waals surface area (Å²) >= 11 is 7.50. The molecule has 2 aromatic rings. The van der Waals surface area contributed by atoms with Crippen LogP contribution in [0.5, 0.6) is 0 Å². The molecule has 0 unspecified atom stereocenters. The van der Waals surface area contributed by atoms with Gasteiger partial charge in [0.2, 0.25) is 0 Å². The molecule has 0 aliphatic rings. The third-order valence-corrected chi connectivity index (χ3v) is 3.29. The van der Waals surface area contributed by atoms with Crippen molar-refractivity contribution in [3.63, 3.8) is 0 Å². The smallest absolute Gasteiger partial charge is 0.147 e. The Hall–Kier alpha value is -1.44. The molecule has 0 fully saturated rings. The minimum Gasteiger partial charge on any atom is -0.240 e. The Morgan fingerprint density at radius 1 is 1.31 bits per heavy atom. The summed E-state index contributed by atoms with van der Waals surface area (Å²) in [5, 5.41) is 9.97. The lowest BCUT2D eigenvalue weighted by Crippen LogP contribution is -1.89. The minimum atomic E-state index is 0.227. The molecular formula is C11H8ClN3S. The molecule has 5 heteroatoms. The number of halogens is 1. The van der Waals surface area contributed by atoms with Crippen LogP contribution >= 0.6 is 22.9 Å². The zero-order valence-electron chi connectivity index (χ0n) is 8.78. The molecule has 0 N–H and O–H groups in total. The third kappa shape index (κ3) is 1.92. The van der Waals surface area contributed by atoms with Crippen LogP contribution in [0.1, 0.15) is 15.4 Å². The number of hydrogen-bond acceptors (Lipinski definition) is 4. The fraction of sp³-hybridized carbons (Fsp3) is 0.182. The average molecular weight is 250 g/mol. The van der Waals surface area contributed by atoms with Crippen molar-refractivity contribution in [3.8, 4) is 17.5 Å². The topological polar surface area (TPSA) is 49.6 Å². The molecule has 0 saturated heterocycles. The lowest BCUT2D eigenvalue weighted by Gasteiger charge is -1.99. The first-order valence-corrected chi connectivity index (χ1v) is 5.82. The molecule has 2 heterocycles. The highest BCUT2D eigenvalue weighted by molar-refractivity contribution is 7.11. The van der Waals surface area contributed by atoms with Crippen LogP contribution in [-0.2, 0) is 0 Å². The van der Waals surface area contributed by atoms with E-state index in [1.54, 1.807) is 23.5 Å². The van der Waals surface area contributed by atoms with Crippen molar-refractivity contribution in [3.05, 3.63) is 32.7 Å². The second-order valence-corrected chi connectivity index (χ2v) is 5.05. The summed E-state index contributed by atoms with van der Waals surface area (Å²) in [5.41, 5.74) is 1.94. The molecule has 0 aliphatic carbocycles. The highest BCUT2D eigenvalue weighted by atomic mass is 35.5. The first kappa shape index (κ1) is 11.1. The number of aryl methyl sites for hydroxylation is 2. The zero-order valence-corrected chi connectivity index (χ0v) is 10.4. The summed E-state index contributed by atoms with van der Waals surface area (Å²) in [4.78, 5) is 9.67. The van der Waals surface area contributed by atoms with Crippen LogP contribution in [0.4, 0.5) is 0 Å². The van der Waals surface area contributed by atoms with E-state index in [1.165, 1.54) is 0 Å². The molecule has 2 rings (SSSR count). The minimum absolute atomic E-state index is 0.227. The van der Waals surface area contributed by atoms with E-state index in [0.717, 1.165) is 15.6 Å². The number of hydrogen-bond donors (Lipinski definition) is 0. The van der Waals surface area contributed by atoms with E-state index in [-0.39, 0.29) is 5.15 Å². The van der Waals surface area contributed by atoms with Gasteiger partial charge < -0.3 is 0 Å².